The third kappa shape index (κ3) is 7.02. The van der Waals surface area contributed by atoms with Gasteiger partial charge < -0.3 is 9.64 Å². The van der Waals surface area contributed by atoms with Crippen molar-refractivity contribution in [3.8, 4) is 0 Å². The van der Waals surface area contributed by atoms with Crippen LogP contribution in [-0.4, -0.2) is 82.5 Å². The number of nitrogens with zero attached hydrogens (tertiary/aromatic N) is 3. The largest absolute Gasteiger partial charge is 0.459 e. The second-order valence-corrected chi connectivity index (χ2v) is 16.3. The van der Waals surface area contributed by atoms with Crippen molar-refractivity contribution in [1.82, 2.24) is 14.7 Å². The van der Waals surface area contributed by atoms with Gasteiger partial charge in [0.15, 0.2) is 0 Å². The highest BCUT2D eigenvalue weighted by Gasteiger charge is 2.45. The van der Waals surface area contributed by atoms with Crippen LogP contribution in [0.25, 0.3) is 0 Å². The molecule has 4 atom stereocenters. The predicted octanol–water partition coefficient (Wildman–Crippen LogP) is 5.96. The Kier molecular flexibility index (Phi) is 8.95. The molecule has 4 aliphatic rings. The molecular formula is C39H55N3O3. The number of likely N-dealkylation sites (tertiary alicyclic amines) is 1. The molecule has 0 N–H and O–H groups in total. The number of esters is 1. The molecule has 6 rings (SSSR count). The summed E-state index contributed by atoms with van der Waals surface area (Å²) in [5.74, 6) is 0.239. The highest BCUT2D eigenvalue weighted by atomic mass is 16.6. The maximum atomic E-state index is 14.5. The molecule has 6 heteroatoms. The van der Waals surface area contributed by atoms with Crippen molar-refractivity contribution >= 4 is 11.9 Å². The van der Waals surface area contributed by atoms with Crippen molar-refractivity contribution in [2.45, 2.75) is 123 Å². The van der Waals surface area contributed by atoms with E-state index in [4.69, 9.17) is 4.74 Å². The van der Waals surface area contributed by atoms with E-state index < -0.39 is 5.60 Å². The average Bonchev–Trinajstić information content (AvgIpc) is 3.73. The smallest absolute Gasteiger partial charge is 0.324 e. The number of fused-ring (bicyclic) bond motifs is 2. The first-order valence-corrected chi connectivity index (χ1v) is 17.5. The molecule has 244 valence electrons. The second kappa shape index (κ2) is 12.5. The van der Waals surface area contributed by atoms with E-state index in [0.29, 0.717) is 26.1 Å². The normalized spacial score (nSPS) is 24.9. The Morgan fingerprint density at radius 1 is 0.822 bits per heavy atom. The van der Waals surface area contributed by atoms with Crippen molar-refractivity contribution < 1.29 is 14.3 Å². The molecule has 45 heavy (non-hydrogen) atoms. The summed E-state index contributed by atoms with van der Waals surface area (Å²) in [6.45, 7) is 18.4. The summed E-state index contributed by atoms with van der Waals surface area (Å²) in [7, 11) is 0. The molecular weight excluding hydrogens is 558 g/mol. The third-order valence-corrected chi connectivity index (χ3v) is 10.8. The number of hydrogen-bond acceptors (Lipinski definition) is 5. The number of amides is 1. The van der Waals surface area contributed by atoms with Gasteiger partial charge in [0.05, 0.1) is 5.92 Å². The van der Waals surface area contributed by atoms with Crippen LogP contribution in [0.15, 0.2) is 36.4 Å². The minimum absolute atomic E-state index is 0.00646. The van der Waals surface area contributed by atoms with Crippen LogP contribution in [0.4, 0.5) is 0 Å². The van der Waals surface area contributed by atoms with Crippen molar-refractivity contribution in [2.24, 2.45) is 5.92 Å². The van der Waals surface area contributed by atoms with Gasteiger partial charge in [-0.1, -0.05) is 36.4 Å². The van der Waals surface area contributed by atoms with Crippen LogP contribution in [0.3, 0.4) is 0 Å². The third-order valence-electron chi connectivity index (χ3n) is 10.8. The van der Waals surface area contributed by atoms with Crippen LogP contribution in [0, 0.1) is 5.92 Å². The standard InChI is InChI=1S/C39H55N3O3/c1-26-23-40(35(37(44)45-39(5,6)7)21-27-14-15-28-10-8-12-30(28)20-27)18-19-42(26)36(43)34-25-41(38(2,3)4)24-33(34)32-17-16-29-11-9-13-31(29)22-32/h14-17,20,22,26,33-35H,8-13,18-19,21,23-25H2,1-7H3/t26-,33?,34?,35-/m0/s1. The Hall–Kier alpha value is -2.70. The molecule has 0 aromatic heterocycles. The number of piperazine rings is 1. The molecule has 2 aromatic carbocycles. The number of benzene rings is 2. The van der Waals surface area contributed by atoms with Crippen LogP contribution in [0.1, 0.15) is 101 Å². The number of carbonyl (C=O) groups is 2. The Morgan fingerprint density at radius 2 is 1.47 bits per heavy atom. The molecule has 2 heterocycles. The van der Waals surface area contributed by atoms with Crippen LogP contribution >= 0.6 is 0 Å². The highest BCUT2D eigenvalue weighted by molar-refractivity contribution is 5.81. The van der Waals surface area contributed by atoms with Gasteiger partial charge in [-0.05, 0) is 127 Å². The van der Waals surface area contributed by atoms with Gasteiger partial charge in [0.25, 0.3) is 0 Å². The molecule has 2 fully saturated rings. The van der Waals surface area contributed by atoms with E-state index in [0.717, 1.165) is 32.4 Å². The predicted molar refractivity (Wildman–Crippen MR) is 181 cm³/mol. The van der Waals surface area contributed by atoms with E-state index in [1.807, 2.05) is 20.8 Å². The lowest BCUT2D eigenvalue weighted by atomic mass is 9.86. The fraction of sp³-hybridized carbons (Fsp3) is 0.641. The Labute approximate surface area is 271 Å². The number of aryl methyl sites for hydroxylation is 4. The Morgan fingerprint density at radius 3 is 2.11 bits per heavy atom. The number of hydrogen-bond donors (Lipinski definition) is 0. The zero-order valence-electron chi connectivity index (χ0n) is 28.8. The second-order valence-electron chi connectivity index (χ2n) is 16.3. The van der Waals surface area contributed by atoms with Gasteiger partial charge in [0.1, 0.15) is 11.6 Å². The molecule has 0 saturated carbocycles. The van der Waals surface area contributed by atoms with Gasteiger partial charge in [-0.3, -0.25) is 19.4 Å². The van der Waals surface area contributed by atoms with Gasteiger partial charge in [-0.2, -0.15) is 0 Å². The monoisotopic (exact) mass is 613 g/mol. The van der Waals surface area contributed by atoms with Crippen molar-refractivity contribution in [3.05, 3.63) is 69.8 Å². The minimum Gasteiger partial charge on any atom is -0.459 e. The zero-order valence-corrected chi connectivity index (χ0v) is 28.8. The molecule has 1 amide bonds. The van der Waals surface area contributed by atoms with Gasteiger partial charge in [0.2, 0.25) is 5.91 Å². The average molecular weight is 614 g/mol. The summed E-state index contributed by atoms with van der Waals surface area (Å²) in [6.07, 6.45) is 7.68. The summed E-state index contributed by atoms with van der Waals surface area (Å²) in [6, 6.07) is 13.4. The molecule has 2 saturated heterocycles. The highest BCUT2D eigenvalue weighted by Crippen LogP contribution is 2.39. The van der Waals surface area contributed by atoms with E-state index in [1.165, 1.54) is 52.6 Å². The summed E-state index contributed by atoms with van der Waals surface area (Å²) in [5, 5.41) is 0. The topological polar surface area (TPSA) is 53.1 Å². The van der Waals surface area contributed by atoms with E-state index >= 15 is 0 Å². The molecule has 0 spiro atoms. The Bertz CT molecular complexity index is 1420. The van der Waals surface area contributed by atoms with E-state index in [1.54, 1.807) is 0 Å². The first kappa shape index (κ1) is 32.2. The van der Waals surface area contributed by atoms with Gasteiger partial charge in [-0.15, -0.1) is 0 Å². The summed E-state index contributed by atoms with van der Waals surface area (Å²) >= 11 is 0. The van der Waals surface area contributed by atoms with Gasteiger partial charge >= 0.3 is 5.97 Å². The number of carbonyl (C=O) groups excluding carboxylic acids is 2. The van der Waals surface area contributed by atoms with Crippen molar-refractivity contribution in [1.29, 1.82) is 0 Å². The first-order valence-electron chi connectivity index (χ1n) is 17.5. The molecule has 2 aliphatic carbocycles. The summed E-state index contributed by atoms with van der Waals surface area (Å²) in [4.78, 5) is 35.1. The van der Waals surface area contributed by atoms with E-state index in [9.17, 15) is 9.59 Å². The van der Waals surface area contributed by atoms with Crippen molar-refractivity contribution in [2.75, 3.05) is 32.7 Å². The molecule has 6 nitrogen and oxygen atoms in total. The fourth-order valence-corrected chi connectivity index (χ4v) is 8.28. The van der Waals surface area contributed by atoms with E-state index in [2.05, 4.69) is 78.8 Å². The Balaban J connectivity index is 1.20. The zero-order chi connectivity index (χ0) is 32.1. The lowest BCUT2D eigenvalue weighted by Crippen LogP contribution is -2.60. The lowest BCUT2D eigenvalue weighted by molar-refractivity contribution is -0.163. The SMILES string of the molecule is C[C@H]1CN([C@@H](Cc2ccc3c(c2)CCC3)C(=O)OC(C)(C)C)CCN1C(=O)C1CN(C(C)(C)C)CC1c1ccc2c(c1)CCC2. The molecule has 2 unspecified atom stereocenters. The number of ether oxygens (including phenoxy) is 1. The first-order chi connectivity index (χ1) is 21.3. The molecule has 2 aliphatic heterocycles. The number of rotatable bonds is 6. The van der Waals surface area contributed by atoms with Crippen LogP contribution < -0.4 is 0 Å². The van der Waals surface area contributed by atoms with Crippen LogP contribution in [-0.2, 0) is 46.4 Å². The summed E-state index contributed by atoms with van der Waals surface area (Å²) < 4.78 is 5.98. The lowest BCUT2D eigenvalue weighted by Gasteiger charge is -2.44. The molecule has 2 aromatic rings. The van der Waals surface area contributed by atoms with Crippen LogP contribution in [0.2, 0.25) is 0 Å². The van der Waals surface area contributed by atoms with Crippen LogP contribution in [0.5, 0.6) is 0 Å². The fourth-order valence-electron chi connectivity index (χ4n) is 8.28. The maximum absolute atomic E-state index is 14.5. The van der Waals surface area contributed by atoms with E-state index in [-0.39, 0.29) is 41.3 Å². The molecule has 0 bridgehead atoms. The molecule has 0 radical (unpaired) electrons. The minimum atomic E-state index is -0.551. The van der Waals surface area contributed by atoms with Crippen molar-refractivity contribution in [3.63, 3.8) is 0 Å². The van der Waals surface area contributed by atoms with Gasteiger partial charge in [-0.25, -0.2) is 0 Å². The quantitative estimate of drug-likeness (QED) is 0.376. The van der Waals surface area contributed by atoms with Gasteiger partial charge in [0, 0.05) is 50.2 Å². The maximum Gasteiger partial charge on any atom is 0.324 e. The summed E-state index contributed by atoms with van der Waals surface area (Å²) in [5.41, 5.74) is 7.82.